The summed E-state index contributed by atoms with van der Waals surface area (Å²) in [5, 5.41) is 2.93. The molecule has 2 rings (SSSR count). The zero-order chi connectivity index (χ0) is 25.5. The predicted octanol–water partition coefficient (Wildman–Crippen LogP) is 3.65. The lowest BCUT2D eigenvalue weighted by Crippen LogP contribution is -2.52. The summed E-state index contributed by atoms with van der Waals surface area (Å²) in [5.41, 5.74) is 3.10. The number of hydrogen-bond donors (Lipinski definition) is 1. The molecular formula is C26H37N3O4S. The molecule has 0 aliphatic carbocycles. The number of nitrogens with zero attached hydrogens (tertiary/aromatic N) is 2. The van der Waals surface area contributed by atoms with Crippen LogP contribution in [0.25, 0.3) is 0 Å². The van der Waals surface area contributed by atoms with Gasteiger partial charge in [0.25, 0.3) is 0 Å². The van der Waals surface area contributed by atoms with Crippen molar-refractivity contribution in [2.45, 2.75) is 53.6 Å². The number of hydrogen-bond acceptors (Lipinski definition) is 4. The van der Waals surface area contributed by atoms with Gasteiger partial charge in [0, 0.05) is 13.1 Å². The highest BCUT2D eigenvalue weighted by atomic mass is 32.2. The maximum atomic E-state index is 13.7. The Bertz CT molecular complexity index is 1100. The fourth-order valence-corrected chi connectivity index (χ4v) is 4.66. The van der Waals surface area contributed by atoms with Gasteiger partial charge in [-0.2, -0.15) is 0 Å². The van der Waals surface area contributed by atoms with E-state index in [0.717, 1.165) is 27.3 Å². The van der Waals surface area contributed by atoms with Crippen LogP contribution < -0.4 is 9.62 Å². The maximum absolute atomic E-state index is 13.7. The minimum Gasteiger partial charge on any atom is -0.354 e. The van der Waals surface area contributed by atoms with Crippen molar-refractivity contribution in [3.05, 3.63) is 65.2 Å². The quantitative estimate of drug-likeness (QED) is 0.524. The molecule has 0 aliphatic heterocycles. The highest BCUT2D eigenvalue weighted by Gasteiger charge is 2.32. The molecule has 2 amide bonds. The third kappa shape index (κ3) is 7.32. The number of anilines is 1. The van der Waals surface area contributed by atoms with Crippen LogP contribution in [0.2, 0.25) is 0 Å². The van der Waals surface area contributed by atoms with Crippen molar-refractivity contribution in [1.82, 2.24) is 10.2 Å². The fraction of sp³-hybridized carbons (Fsp3) is 0.462. The van der Waals surface area contributed by atoms with Crippen molar-refractivity contribution in [2.24, 2.45) is 5.92 Å². The Morgan fingerprint density at radius 1 is 0.971 bits per heavy atom. The van der Waals surface area contributed by atoms with Crippen LogP contribution in [0, 0.1) is 19.8 Å². The van der Waals surface area contributed by atoms with E-state index in [0.29, 0.717) is 18.7 Å². The first-order valence-electron chi connectivity index (χ1n) is 11.6. The lowest BCUT2D eigenvalue weighted by atomic mass is 10.1. The number of amides is 2. The molecule has 2 aromatic carbocycles. The van der Waals surface area contributed by atoms with E-state index in [2.05, 4.69) is 5.32 Å². The molecule has 8 heteroatoms. The largest absolute Gasteiger partial charge is 0.354 e. The standard InChI is InChI=1S/C26H37N3O4S/c1-7-23(26(31)27-16-19(2)3)28(17-22-14-10-8-12-20(22)4)25(30)18-29(34(6,32)33)24-15-11-9-13-21(24)5/h8-15,19,23H,7,16-18H2,1-6H3,(H,27,31)/t23-/m0/s1. The molecule has 0 saturated carbocycles. The van der Waals surface area contributed by atoms with Gasteiger partial charge >= 0.3 is 0 Å². The van der Waals surface area contributed by atoms with E-state index in [1.54, 1.807) is 25.1 Å². The number of carbonyl (C=O) groups excluding carboxylic acids is 2. The monoisotopic (exact) mass is 487 g/mol. The van der Waals surface area contributed by atoms with Gasteiger partial charge in [0.1, 0.15) is 12.6 Å². The van der Waals surface area contributed by atoms with E-state index >= 15 is 0 Å². The highest BCUT2D eigenvalue weighted by molar-refractivity contribution is 7.92. The van der Waals surface area contributed by atoms with E-state index in [-0.39, 0.29) is 24.9 Å². The van der Waals surface area contributed by atoms with Gasteiger partial charge < -0.3 is 10.2 Å². The number of benzene rings is 2. The summed E-state index contributed by atoms with van der Waals surface area (Å²) in [4.78, 5) is 28.3. The van der Waals surface area contributed by atoms with Gasteiger partial charge in [0.05, 0.1) is 11.9 Å². The van der Waals surface area contributed by atoms with Gasteiger partial charge in [0.2, 0.25) is 21.8 Å². The van der Waals surface area contributed by atoms with Crippen LogP contribution in [0.5, 0.6) is 0 Å². The minimum atomic E-state index is -3.74. The van der Waals surface area contributed by atoms with Gasteiger partial charge in [-0.1, -0.05) is 63.2 Å². The number of carbonyl (C=O) groups is 2. The van der Waals surface area contributed by atoms with Gasteiger partial charge in [-0.3, -0.25) is 13.9 Å². The first-order valence-corrected chi connectivity index (χ1v) is 13.5. The van der Waals surface area contributed by atoms with Crippen molar-refractivity contribution in [3.63, 3.8) is 0 Å². The van der Waals surface area contributed by atoms with E-state index in [1.165, 1.54) is 4.90 Å². The maximum Gasteiger partial charge on any atom is 0.244 e. The molecule has 0 aromatic heterocycles. The second-order valence-corrected chi connectivity index (χ2v) is 11.0. The topological polar surface area (TPSA) is 86.8 Å². The van der Waals surface area contributed by atoms with Crippen molar-refractivity contribution in [2.75, 3.05) is 23.7 Å². The fourth-order valence-electron chi connectivity index (χ4n) is 3.75. The number of para-hydroxylation sites is 1. The summed E-state index contributed by atoms with van der Waals surface area (Å²) >= 11 is 0. The molecule has 1 N–H and O–H groups in total. The number of nitrogens with one attached hydrogen (secondary N) is 1. The molecule has 186 valence electrons. The van der Waals surface area contributed by atoms with E-state index in [1.807, 2.05) is 58.0 Å². The van der Waals surface area contributed by atoms with Gasteiger partial charge in [-0.25, -0.2) is 8.42 Å². The van der Waals surface area contributed by atoms with Gasteiger partial charge in [-0.15, -0.1) is 0 Å². The smallest absolute Gasteiger partial charge is 0.244 e. The Morgan fingerprint density at radius 3 is 2.09 bits per heavy atom. The molecule has 0 aliphatic rings. The molecule has 0 spiro atoms. The number of sulfonamides is 1. The normalized spacial score (nSPS) is 12.3. The first kappa shape index (κ1) is 27.4. The molecule has 1 atom stereocenters. The summed E-state index contributed by atoms with van der Waals surface area (Å²) in [6.45, 7) is 9.94. The van der Waals surface area contributed by atoms with Crippen LogP contribution in [-0.4, -0.2) is 50.5 Å². The minimum absolute atomic E-state index is 0.213. The van der Waals surface area contributed by atoms with Crippen LogP contribution >= 0.6 is 0 Å². The summed E-state index contributed by atoms with van der Waals surface area (Å²) < 4.78 is 26.5. The van der Waals surface area contributed by atoms with Gasteiger partial charge in [0.15, 0.2) is 0 Å². The van der Waals surface area contributed by atoms with E-state index < -0.39 is 22.0 Å². The van der Waals surface area contributed by atoms with Crippen molar-refractivity contribution in [3.8, 4) is 0 Å². The molecule has 0 heterocycles. The third-order valence-corrected chi connectivity index (χ3v) is 6.86. The molecule has 0 fully saturated rings. The molecule has 0 saturated heterocycles. The summed E-state index contributed by atoms with van der Waals surface area (Å²) in [5.74, 6) is -0.396. The highest BCUT2D eigenvalue weighted by Crippen LogP contribution is 2.23. The second kappa shape index (κ2) is 12.0. The molecule has 0 radical (unpaired) electrons. The molecule has 0 unspecified atom stereocenters. The Kier molecular flexibility index (Phi) is 9.67. The molecule has 34 heavy (non-hydrogen) atoms. The van der Waals surface area contributed by atoms with Crippen LogP contribution in [0.15, 0.2) is 48.5 Å². The Balaban J connectivity index is 2.45. The van der Waals surface area contributed by atoms with Crippen LogP contribution in [0.1, 0.15) is 43.9 Å². The number of aryl methyl sites for hydroxylation is 2. The Hall–Kier alpha value is -2.87. The molecular weight excluding hydrogens is 450 g/mol. The van der Waals surface area contributed by atoms with Crippen LogP contribution in [0.3, 0.4) is 0 Å². The summed E-state index contributed by atoms with van der Waals surface area (Å²) in [6.07, 6.45) is 1.50. The van der Waals surface area contributed by atoms with Gasteiger partial charge in [-0.05, 0) is 48.9 Å². The number of rotatable bonds is 11. The lowest BCUT2D eigenvalue weighted by molar-refractivity contribution is -0.140. The average Bonchev–Trinajstić information content (AvgIpc) is 2.76. The molecule has 0 bridgehead atoms. The van der Waals surface area contributed by atoms with Crippen molar-refractivity contribution in [1.29, 1.82) is 0 Å². The van der Waals surface area contributed by atoms with E-state index in [4.69, 9.17) is 0 Å². The Labute approximate surface area is 204 Å². The lowest BCUT2D eigenvalue weighted by Gasteiger charge is -2.33. The zero-order valence-electron chi connectivity index (χ0n) is 21.0. The third-order valence-electron chi connectivity index (χ3n) is 5.74. The average molecular weight is 488 g/mol. The Morgan fingerprint density at radius 2 is 1.56 bits per heavy atom. The van der Waals surface area contributed by atoms with Crippen LogP contribution in [0.4, 0.5) is 5.69 Å². The van der Waals surface area contributed by atoms with Crippen LogP contribution in [-0.2, 0) is 26.2 Å². The summed E-state index contributed by atoms with van der Waals surface area (Å²) in [7, 11) is -3.74. The zero-order valence-corrected chi connectivity index (χ0v) is 21.9. The molecule has 2 aromatic rings. The van der Waals surface area contributed by atoms with Crippen molar-refractivity contribution < 1.29 is 18.0 Å². The first-order chi connectivity index (χ1) is 16.0. The predicted molar refractivity (Wildman–Crippen MR) is 137 cm³/mol. The molecule has 7 nitrogen and oxygen atoms in total. The summed E-state index contributed by atoms with van der Waals surface area (Å²) in [6, 6.07) is 14.0. The second-order valence-electron chi connectivity index (χ2n) is 9.07. The SMILES string of the molecule is CC[C@@H](C(=O)NCC(C)C)N(Cc1ccccc1C)C(=O)CN(c1ccccc1C)S(C)(=O)=O. The van der Waals surface area contributed by atoms with E-state index in [9.17, 15) is 18.0 Å². The van der Waals surface area contributed by atoms with Crippen molar-refractivity contribution >= 4 is 27.5 Å².